The third-order valence-corrected chi connectivity index (χ3v) is 4.49. The molecule has 0 fully saturated rings. The Bertz CT molecular complexity index is 1060. The lowest BCUT2D eigenvalue weighted by atomic mass is 10.0. The Kier molecular flexibility index (Phi) is 3.90. The van der Waals surface area contributed by atoms with Gasteiger partial charge in [-0.15, -0.1) is 0 Å². The van der Waals surface area contributed by atoms with Gasteiger partial charge in [0.15, 0.2) is 0 Å². The topological polar surface area (TPSA) is 33.2 Å². The average molecular weight is 326 g/mol. The molecule has 0 saturated heterocycles. The third-order valence-electron chi connectivity index (χ3n) is 4.49. The molecule has 3 heteroatoms. The summed E-state index contributed by atoms with van der Waals surface area (Å²) in [6.45, 7) is 2.60. The number of nitrogens with zero attached hydrogens (tertiary/aromatic N) is 2. The van der Waals surface area contributed by atoms with Gasteiger partial charge < -0.3 is 4.90 Å². The molecule has 0 N–H and O–H groups in total. The van der Waals surface area contributed by atoms with Gasteiger partial charge in [-0.3, -0.25) is 9.78 Å². The zero-order chi connectivity index (χ0) is 17.2. The predicted octanol–water partition coefficient (Wildman–Crippen LogP) is 5.05. The summed E-state index contributed by atoms with van der Waals surface area (Å²) in [5, 5.41) is 3.10. The molecule has 1 heterocycles. The summed E-state index contributed by atoms with van der Waals surface area (Å²) in [6.07, 6.45) is 1.75. The molecular formula is C22H18N2O. The molecule has 0 aliphatic rings. The molecule has 3 aromatic carbocycles. The van der Waals surface area contributed by atoms with Gasteiger partial charge in [0.2, 0.25) is 0 Å². The molecule has 0 saturated carbocycles. The van der Waals surface area contributed by atoms with Gasteiger partial charge in [0, 0.05) is 29.1 Å². The highest BCUT2D eigenvalue weighted by molar-refractivity contribution is 6.16. The number of hydrogen-bond donors (Lipinski definition) is 0. The summed E-state index contributed by atoms with van der Waals surface area (Å²) >= 11 is 0. The Hall–Kier alpha value is -3.20. The van der Waals surface area contributed by atoms with E-state index in [1.54, 1.807) is 6.20 Å². The van der Waals surface area contributed by atoms with E-state index in [-0.39, 0.29) is 5.91 Å². The molecule has 4 rings (SSSR count). The molecule has 1 aromatic heterocycles. The van der Waals surface area contributed by atoms with E-state index in [2.05, 4.69) is 23.2 Å². The monoisotopic (exact) mass is 326 g/mol. The first-order valence-electron chi connectivity index (χ1n) is 8.43. The van der Waals surface area contributed by atoms with Gasteiger partial charge in [-0.1, -0.05) is 48.5 Å². The van der Waals surface area contributed by atoms with E-state index >= 15 is 0 Å². The van der Waals surface area contributed by atoms with Crippen LogP contribution in [0.3, 0.4) is 0 Å². The minimum Gasteiger partial charge on any atom is -0.308 e. The molecule has 0 unspecified atom stereocenters. The van der Waals surface area contributed by atoms with E-state index in [0.717, 1.165) is 27.4 Å². The normalized spacial score (nSPS) is 10.9. The Morgan fingerprint density at radius 3 is 2.52 bits per heavy atom. The summed E-state index contributed by atoms with van der Waals surface area (Å²) in [6, 6.07) is 23.7. The number of carbonyl (C=O) groups is 1. The quantitative estimate of drug-likeness (QED) is 0.527. The SMILES string of the molecule is CCN(C(=O)c1cccc2ncccc12)c1cccc2ccccc12. The van der Waals surface area contributed by atoms with Crippen LogP contribution in [-0.2, 0) is 0 Å². The zero-order valence-corrected chi connectivity index (χ0v) is 14.0. The largest absolute Gasteiger partial charge is 0.308 e. The molecule has 4 aromatic rings. The fourth-order valence-corrected chi connectivity index (χ4v) is 3.30. The highest BCUT2D eigenvalue weighted by atomic mass is 16.2. The van der Waals surface area contributed by atoms with Crippen LogP contribution >= 0.6 is 0 Å². The molecule has 122 valence electrons. The number of pyridine rings is 1. The third kappa shape index (κ3) is 2.64. The number of carbonyl (C=O) groups excluding carboxylic acids is 1. The van der Waals surface area contributed by atoms with Crippen LogP contribution in [0, 0.1) is 0 Å². The van der Waals surface area contributed by atoms with Crippen LogP contribution < -0.4 is 4.90 Å². The van der Waals surface area contributed by atoms with Gasteiger partial charge in [0.25, 0.3) is 5.91 Å². The van der Waals surface area contributed by atoms with E-state index in [1.807, 2.05) is 66.4 Å². The Morgan fingerprint density at radius 1 is 0.880 bits per heavy atom. The Balaban J connectivity index is 1.87. The van der Waals surface area contributed by atoms with Crippen LogP contribution in [0.2, 0.25) is 0 Å². The van der Waals surface area contributed by atoms with Crippen molar-refractivity contribution in [3.8, 4) is 0 Å². The minimum absolute atomic E-state index is 0.00236. The van der Waals surface area contributed by atoms with Crippen molar-refractivity contribution in [3.05, 3.63) is 84.6 Å². The van der Waals surface area contributed by atoms with E-state index in [9.17, 15) is 4.79 Å². The minimum atomic E-state index is -0.00236. The zero-order valence-electron chi connectivity index (χ0n) is 14.0. The maximum absolute atomic E-state index is 13.3. The summed E-state index contributed by atoms with van der Waals surface area (Å²) in [4.78, 5) is 19.5. The molecule has 25 heavy (non-hydrogen) atoms. The fourth-order valence-electron chi connectivity index (χ4n) is 3.30. The van der Waals surface area contributed by atoms with E-state index in [1.165, 1.54) is 0 Å². The number of amides is 1. The number of fused-ring (bicyclic) bond motifs is 2. The van der Waals surface area contributed by atoms with Gasteiger partial charge >= 0.3 is 0 Å². The van der Waals surface area contributed by atoms with Crippen LogP contribution in [0.1, 0.15) is 17.3 Å². The van der Waals surface area contributed by atoms with E-state index in [4.69, 9.17) is 0 Å². The first-order chi connectivity index (χ1) is 12.3. The number of aromatic nitrogens is 1. The molecule has 0 aliphatic carbocycles. The average Bonchev–Trinajstić information content (AvgIpc) is 2.68. The van der Waals surface area contributed by atoms with Crippen molar-refractivity contribution in [2.75, 3.05) is 11.4 Å². The maximum Gasteiger partial charge on any atom is 0.258 e. The van der Waals surface area contributed by atoms with Gasteiger partial charge in [-0.2, -0.15) is 0 Å². The van der Waals surface area contributed by atoms with Crippen LogP contribution in [0.25, 0.3) is 21.7 Å². The predicted molar refractivity (Wildman–Crippen MR) is 103 cm³/mol. The van der Waals surface area contributed by atoms with E-state index < -0.39 is 0 Å². The highest BCUT2D eigenvalue weighted by Gasteiger charge is 2.20. The van der Waals surface area contributed by atoms with Crippen molar-refractivity contribution < 1.29 is 4.79 Å². The highest BCUT2D eigenvalue weighted by Crippen LogP contribution is 2.29. The van der Waals surface area contributed by atoms with Crippen molar-refractivity contribution >= 4 is 33.3 Å². The molecular weight excluding hydrogens is 308 g/mol. The molecule has 1 amide bonds. The number of benzene rings is 3. The Labute approximate surface area is 146 Å². The van der Waals surface area contributed by atoms with Crippen LogP contribution in [0.4, 0.5) is 5.69 Å². The summed E-state index contributed by atoms with van der Waals surface area (Å²) in [5.41, 5.74) is 2.45. The summed E-state index contributed by atoms with van der Waals surface area (Å²) in [7, 11) is 0. The van der Waals surface area contributed by atoms with Crippen LogP contribution in [-0.4, -0.2) is 17.4 Å². The van der Waals surface area contributed by atoms with Gasteiger partial charge in [0.1, 0.15) is 0 Å². The van der Waals surface area contributed by atoms with Crippen molar-refractivity contribution in [2.45, 2.75) is 6.92 Å². The van der Waals surface area contributed by atoms with Gasteiger partial charge in [-0.05, 0) is 36.6 Å². The lowest BCUT2D eigenvalue weighted by Crippen LogP contribution is -2.31. The van der Waals surface area contributed by atoms with Gasteiger partial charge in [0.05, 0.1) is 11.2 Å². The Morgan fingerprint density at radius 2 is 1.64 bits per heavy atom. The molecule has 0 atom stereocenters. The second-order valence-electron chi connectivity index (χ2n) is 5.92. The summed E-state index contributed by atoms with van der Waals surface area (Å²) < 4.78 is 0. The molecule has 0 bridgehead atoms. The number of hydrogen-bond acceptors (Lipinski definition) is 2. The van der Waals surface area contributed by atoms with E-state index in [0.29, 0.717) is 12.1 Å². The van der Waals surface area contributed by atoms with Gasteiger partial charge in [-0.25, -0.2) is 0 Å². The lowest BCUT2D eigenvalue weighted by molar-refractivity contribution is 0.0990. The van der Waals surface area contributed by atoms with Crippen LogP contribution in [0.5, 0.6) is 0 Å². The molecule has 0 aliphatic heterocycles. The van der Waals surface area contributed by atoms with Crippen LogP contribution in [0.15, 0.2) is 79.0 Å². The molecule has 3 nitrogen and oxygen atoms in total. The van der Waals surface area contributed by atoms with Crippen molar-refractivity contribution in [3.63, 3.8) is 0 Å². The first kappa shape index (κ1) is 15.3. The van der Waals surface area contributed by atoms with Crippen molar-refractivity contribution in [1.29, 1.82) is 0 Å². The standard InChI is InChI=1S/C22H18N2O/c1-2-24(21-14-5-9-16-8-3-4-10-17(16)21)22(25)19-11-6-13-20-18(19)12-7-15-23-20/h3-15H,2H2,1H3. The van der Waals surface area contributed by atoms with Crippen molar-refractivity contribution in [1.82, 2.24) is 4.98 Å². The molecule has 0 radical (unpaired) electrons. The maximum atomic E-state index is 13.3. The van der Waals surface area contributed by atoms with Crippen molar-refractivity contribution in [2.24, 2.45) is 0 Å². The second-order valence-corrected chi connectivity index (χ2v) is 5.92. The summed E-state index contributed by atoms with van der Waals surface area (Å²) in [5.74, 6) is -0.00236. The smallest absolute Gasteiger partial charge is 0.258 e. The number of anilines is 1. The first-order valence-corrected chi connectivity index (χ1v) is 8.43. The lowest BCUT2D eigenvalue weighted by Gasteiger charge is -2.23. The molecule has 0 spiro atoms. The second kappa shape index (κ2) is 6.36. The number of rotatable bonds is 3. The fraction of sp³-hybridized carbons (Fsp3) is 0.0909.